The molecule has 47 heavy (non-hydrogen) atoms. The van der Waals surface area contributed by atoms with E-state index in [1.165, 1.54) is 17.4 Å². The highest BCUT2D eigenvalue weighted by molar-refractivity contribution is 9.10. The molecule has 1 N–H and O–H groups in total. The third-order valence-electron chi connectivity index (χ3n) is 12.6. The Morgan fingerprint density at radius 1 is 0.809 bits per heavy atom. The number of carbonyl (C=O) groups excluding carboxylic acids is 3. The van der Waals surface area contributed by atoms with E-state index in [1.54, 1.807) is 33.0 Å². The number of esters is 2. The average molecular weight is 711 g/mol. The number of nitrogens with zero attached hydrogens (tertiary/aromatic N) is 1. The SMILES string of the molecule is CC(C)(C)OC(=O)n1cc([C@@H](O)CC(C(=O)OC2C3CC4CC(C3)CC2C4)C(=O)OC2C3CC4CC(C3)CC2C4)c2cc(Br)ccc21. The van der Waals surface area contributed by atoms with Crippen molar-refractivity contribution in [2.75, 3.05) is 0 Å². The molecular formula is C38H48BrNO7. The molecule has 8 bridgehead atoms. The molecule has 10 rings (SSSR count). The highest BCUT2D eigenvalue weighted by Gasteiger charge is 2.53. The predicted molar refractivity (Wildman–Crippen MR) is 178 cm³/mol. The number of fused-ring (bicyclic) bond motifs is 1. The van der Waals surface area contributed by atoms with Gasteiger partial charge in [0.15, 0.2) is 5.92 Å². The number of hydrogen-bond acceptors (Lipinski definition) is 7. The third kappa shape index (κ3) is 6.06. The fourth-order valence-corrected chi connectivity index (χ4v) is 11.5. The van der Waals surface area contributed by atoms with Gasteiger partial charge in [0.05, 0.1) is 11.6 Å². The quantitative estimate of drug-likeness (QED) is 0.177. The molecule has 1 atom stereocenters. The maximum absolute atomic E-state index is 14.2. The molecular weight excluding hydrogens is 662 g/mol. The normalized spacial score (nSPS) is 36.4. The van der Waals surface area contributed by atoms with E-state index in [0.717, 1.165) is 79.5 Å². The largest absolute Gasteiger partial charge is 0.461 e. The van der Waals surface area contributed by atoms with E-state index in [0.29, 0.717) is 40.1 Å². The molecule has 1 heterocycles. The number of aromatic nitrogens is 1. The van der Waals surface area contributed by atoms with Gasteiger partial charge >= 0.3 is 18.0 Å². The second-order valence-corrected chi connectivity index (χ2v) is 18.0. The topological polar surface area (TPSA) is 104 Å². The Bertz CT molecular complexity index is 1460. The van der Waals surface area contributed by atoms with E-state index in [9.17, 15) is 19.5 Å². The Morgan fingerprint density at radius 3 is 1.72 bits per heavy atom. The molecule has 0 aliphatic heterocycles. The second kappa shape index (κ2) is 11.9. The van der Waals surface area contributed by atoms with Crippen LogP contribution in [0.15, 0.2) is 28.9 Å². The third-order valence-corrected chi connectivity index (χ3v) is 13.1. The summed E-state index contributed by atoms with van der Waals surface area (Å²) < 4.78 is 20.5. The van der Waals surface area contributed by atoms with Crippen LogP contribution < -0.4 is 0 Å². The Labute approximate surface area is 285 Å². The maximum atomic E-state index is 14.2. The van der Waals surface area contributed by atoms with Gasteiger partial charge in [-0.25, -0.2) is 4.79 Å². The van der Waals surface area contributed by atoms with E-state index in [4.69, 9.17) is 14.2 Å². The number of benzene rings is 1. The molecule has 0 unspecified atom stereocenters. The van der Waals surface area contributed by atoms with Crippen LogP contribution in [0.3, 0.4) is 0 Å². The zero-order chi connectivity index (χ0) is 32.8. The first-order chi connectivity index (χ1) is 22.4. The van der Waals surface area contributed by atoms with Crippen LogP contribution in [0.1, 0.15) is 103 Å². The van der Waals surface area contributed by atoms with Crippen molar-refractivity contribution in [2.45, 2.75) is 115 Å². The van der Waals surface area contributed by atoms with Gasteiger partial charge in [-0.3, -0.25) is 14.2 Å². The van der Waals surface area contributed by atoms with Crippen molar-refractivity contribution < 1.29 is 33.7 Å². The van der Waals surface area contributed by atoms with Crippen LogP contribution in [0, 0.1) is 53.3 Å². The first-order valence-corrected chi connectivity index (χ1v) is 18.8. The van der Waals surface area contributed by atoms with Crippen LogP contribution in [-0.2, 0) is 23.8 Å². The minimum atomic E-state index is -1.26. The van der Waals surface area contributed by atoms with Gasteiger partial charge in [-0.05, 0) is 151 Å². The smallest absolute Gasteiger partial charge is 0.419 e. The highest BCUT2D eigenvalue weighted by Crippen LogP contribution is 2.56. The number of carbonyl (C=O) groups is 3. The lowest BCUT2D eigenvalue weighted by molar-refractivity contribution is -0.190. The average Bonchev–Trinajstić information content (AvgIpc) is 3.36. The summed E-state index contributed by atoms with van der Waals surface area (Å²) in [5, 5.41) is 12.5. The summed E-state index contributed by atoms with van der Waals surface area (Å²) in [6.07, 6.45) is 10.6. The molecule has 0 radical (unpaired) electrons. The second-order valence-electron chi connectivity index (χ2n) is 17.1. The van der Waals surface area contributed by atoms with Gasteiger partial charge in [0.25, 0.3) is 0 Å². The van der Waals surface area contributed by atoms with Gasteiger partial charge in [-0.1, -0.05) is 15.9 Å². The monoisotopic (exact) mass is 709 g/mol. The Kier molecular flexibility index (Phi) is 8.06. The molecule has 1 aromatic carbocycles. The molecule has 0 amide bonds. The van der Waals surface area contributed by atoms with Crippen molar-refractivity contribution in [3.63, 3.8) is 0 Å². The van der Waals surface area contributed by atoms with E-state index < -0.39 is 35.7 Å². The summed E-state index contributed by atoms with van der Waals surface area (Å²) >= 11 is 3.52. The minimum absolute atomic E-state index is 0.172. The van der Waals surface area contributed by atoms with E-state index in [-0.39, 0.29) is 18.6 Å². The Balaban J connectivity index is 1.07. The zero-order valence-corrected chi connectivity index (χ0v) is 29.3. The molecule has 8 saturated carbocycles. The molecule has 0 spiro atoms. The van der Waals surface area contributed by atoms with Gasteiger partial charge in [0.1, 0.15) is 17.8 Å². The lowest BCUT2D eigenvalue weighted by Crippen LogP contribution is -2.52. The van der Waals surface area contributed by atoms with Crippen LogP contribution in [0.5, 0.6) is 0 Å². The van der Waals surface area contributed by atoms with Crippen LogP contribution >= 0.6 is 15.9 Å². The van der Waals surface area contributed by atoms with Gasteiger partial charge in [0, 0.05) is 28.0 Å². The summed E-state index contributed by atoms with van der Waals surface area (Å²) in [4.78, 5) is 41.5. The molecule has 0 saturated heterocycles. The molecule has 9 heteroatoms. The minimum Gasteiger partial charge on any atom is -0.461 e. The lowest BCUT2D eigenvalue weighted by atomic mass is 9.55. The van der Waals surface area contributed by atoms with Crippen LogP contribution in [0.25, 0.3) is 10.9 Å². The molecule has 8 aliphatic carbocycles. The number of ether oxygens (including phenoxy) is 3. The Hall–Kier alpha value is -2.39. The van der Waals surface area contributed by atoms with Gasteiger partial charge in [-0.2, -0.15) is 0 Å². The van der Waals surface area contributed by atoms with Gasteiger partial charge < -0.3 is 19.3 Å². The summed E-state index contributed by atoms with van der Waals surface area (Å²) in [6, 6.07) is 5.45. The lowest BCUT2D eigenvalue weighted by Gasteiger charge is -2.54. The van der Waals surface area contributed by atoms with Crippen LogP contribution in [0.4, 0.5) is 4.79 Å². The van der Waals surface area contributed by atoms with E-state index >= 15 is 0 Å². The Morgan fingerprint density at radius 2 is 1.28 bits per heavy atom. The zero-order valence-electron chi connectivity index (χ0n) is 27.7. The number of rotatable bonds is 7. The van der Waals surface area contributed by atoms with Crippen molar-refractivity contribution >= 4 is 44.9 Å². The van der Waals surface area contributed by atoms with Crippen molar-refractivity contribution in [2.24, 2.45) is 53.3 Å². The summed E-state index contributed by atoms with van der Waals surface area (Å²) in [7, 11) is 0. The number of aliphatic hydroxyl groups is 1. The highest BCUT2D eigenvalue weighted by atomic mass is 79.9. The van der Waals surface area contributed by atoms with Crippen molar-refractivity contribution in [3.05, 3.63) is 34.4 Å². The van der Waals surface area contributed by atoms with Crippen LogP contribution in [0.2, 0.25) is 0 Å². The number of hydrogen-bond donors (Lipinski definition) is 1. The summed E-state index contributed by atoms with van der Waals surface area (Å²) in [6.45, 7) is 5.41. The van der Waals surface area contributed by atoms with Crippen molar-refractivity contribution in [3.8, 4) is 0 Å². The molecule has 8 aliphatic rings. The number of halogens is 1. The van der Waals surface area contributed by atoms with E-state index in [2.05, 4.69) is 15.9 Å². The standard InChI is InChI=1S/C38H48BrNO7/c1-38(2,3)47-37(44)40-18-30(28-16-27(39)4-5-31(28)40)32(41)17-29(35(42)45-33-23-8-19-6-20(10-23)11-24(33)9-19)36(43)46-34-25-12-21-7-22(14-25)15-26(34)13-21/h4-5,16,18-26,29,32-34,41H,6-15,17H2,1-3H3/t19?,20?,21?,22?,23?,24?,25?,26?,29?,32-,33?,34?/m0/s1. The molecule has 8 nitrogen and oxygen atoms in total. The van der Waals surface area contributed by atoms with Gasteiger partial charge in [-0.15, -0.1) is 0 Å². The fraction of sp³-hybridized carbons (Fsp3) is 0.711. The fourth-order valence-electron chi connectivity index (χ4n) is 11.2. The van der Waals surface area contributed by atoms with E-state index in [1.807, 2.05) is 12.1 Å². The van der Waals surface area contributed by atoms with Gasteiger partial charge in [0.2, 0.25) is 0 Å². The maximum Gasteiger partial charge on any atom is 0.419 e. The first-order valence-electron chi connectivity index (χ1n) is 18.0. The molecule has 2 aromatic rings. The van der Waals surface area contributed by atoms with Crippen molar-refractivity contribution in [1.82, 2.24) is 4.57 Å². The predicted octanol–water partition coefficient (Wildman–Crippen LogP) is 7.96. The first kappa shape index (κ1) is 31.9. The summed E-state index contributed by atoms with van der Waals surface area (Å²) in [5.74, 6) is 1.92. The summed E-state index contributed by atoms with van der Waals surface area (Å²) in [5.41, 5.74) is 0.304. The van der Waals surface area contributed by atoms with Crippen LogP contribution in [-0.4, -0.2) is 45.5 Å². The molecule has 1 aromatic heterocycles. The van der Waals surface area contributed by atoms with Crippen molar-refractivity contribution in [1.29, 1.82) is 0 Å². The molecule has 8 fully saturated rings. The number of aliphatic hydroxyl groups excluding tert-OH is 1. The molecule has 254 valence electrons.